The summed E-state index contributed by atoms with van der Waals surface area (Å²) >= 11 is 0. The van der Waals surface area contributed by atoms with E-state index in [0.29, 0.717) is 22.9 Å². The van der Waals surface area contributed by atoms with E-state index in [-0.39, 0.29) is 16.7 Å². The molecule has 1 aromatic rings. The fourth-order valence-corrected chi connectivity index (χ4v) is 2.84. The van der Waals surface area contributed by atoms with Gasteiger partial charge < -0.3 is 9.63 Å². The van der Waals surface area contributed by atoms with Crippen molar-refractivity contribution in [1.82, 2.24) is 0 Å². The number of hydrogen-bond donors (Lipinski definition) is 0. The van der Waals surface area contributed by atoms with Crippen LogP contribution in [0.15, 0.2) is 30.3 Å². The van der Waals surface area contributed by atoms with E-state index in [1.54, 1.807) is 0 Å². The molecule has 0 amide bonds. The second-order valence-electron chi connectivity index (χ2n) is 7.26. The highest BCUT2D eigenvalue weighted by Gasteiger charge is 2.43. The van der Waals surface area contributed by atoms with E-state index in [2.05, 4.69) is 41.5 Å². The van der Waals surface area contributed by atoms with Crippen LogP contribution in [0.3, 0.4) is 0 Å². The lowest BCUT2D eigenvalue weighted by Crippen LogP contribution is -2.42. The topological polar surface area (TPSA) is 35.3 Å². The van der Waals surface area contributed by atoms with Gasteiger partial charge in [0.25, 0.3) is 0 Å². The molecule has 1 rings (SSSR count). The van der Waals surface area contributed by atoms with E-state index in [1.165, 1.54) is 0 Å². The maximum atomic E-state index is 12.5. The quantitative estimate of drug-likeness (QED) is 0.214. The van der Waals surface area contributed by atoms with Crippen LogP contribution in [-0.2, 0) is 11.0 Å². The number of nitrogens with zero attached hydrogens (tertiary/aromatic N) is 1. The van der Waals surface area contributed by atoms with Crippen LogP contribution < -0.4 is 0 Å². The molecule has 0 aliphatic carbocycles. The van der Waals surface area contributed by atoms with Gasteiger partial charge in [0, 0.05) is 5.56 Å². The zero-order valence-corrected chi connectivity index (χ0v) is 16.4. The van der Waals surface area contributed by atoms with Crippen LogP contribution in [0.25, 0.3) is 0 Å². The summed E-state index contributed by atoms with van der Waals surface area (Å²) in [4.78, 5) is 0. The Bertz CT molecular complexity index is 489. The first kappa shape index (κ1) is 17.8. The third kappa shape index (κ3) is 4.10. The number of rotatable bonds is 4. The van der Waals surface area contributed by atoms with E-state index >= 15 is 0 Å². The van der Waals surface area contributed by atoms with Gasteiger partial charge in [-0.25, -0.2) is 0 Å². The molecule has 0 spiro atoms. The summed E-state index contributed by atoms with van der Waals surface area (Å²) in [6, 6.07) is 9.79. The Labute approximate surface area is 132 Å². The smallest absolute Gasteiger partial charge is 0.337 e. The molecule has 1 atom stereocenters. The molecule has 21 heavy (non-hydrogen) atoms. The first-order valence-corrected chi connectivity index (χ1v) is 8.32. The Morgan fingerprint density at radius 3 is 2.14 bits per heavy atom. The molecular formula is C17H29NO2Si. The van der Waals surface area contributed by atoms with Crippen LogP contribution in [0.5, 0.6) is 0 Å². The molecule has 0 aliphatic rings. The molecule has 118 valence electrons. The van der Waals surface area contributed by atoms with E-state index in [4.69, 9.17) is 4.43 Å². The summed E-state index contributed by atoms with van der Waals surface area (Å²) in [6.07, 6.45) is 0. The minimum Gasteiger partial charge on any atom is -0.621 e. The summed E-state index contributed by atoms with van der Waals surface area (Å²) in [5.41, 5.74) is 1.06. The second kappa shape index (κ2) is 6.65. The fraction of sp³-hybridized carbons (Fsp3) is 0.588. The van der Waals surface area contributed by atoms with Gasteiger partial charge in [0.2, 0.25) is 10.5 Å². The average Bonchev–Trinajstić information content (AvgIpc) is 2.39. The molecule has 0 heterocycles. The summed E-state index contributed by atoms with van der Waals surface area (Å²) in [5.74, 6) is 0.627. The van der Waals surface area contributed by atoms with Crippen LogP contribution in [0, 0.1) is 22.0 Å². The van der Waals surface area contributed by atoms with Crippen molar-refractivity contribution in [2.45, 2.75) is 48.1 Å². The lowest BCUT2D eigenvalue weighted by Gasteiger charge is -2.42. The molecule has 0 fully saturated rings. The van der Waals surface area contributed by atoms with Crippen molar-refractivity contribution in [3.63, 3.8) is 0 Å². The number of hydrogen-bond acceptors (Lipinski definition) is 2. The molecule has 0 saturated carbocycles. The largest absolute Gasteiger partial charge is 0.621 e. The molecule has 0 aromatic heterocycles. The van der Waals surface area contributed by atoms with Crippen molar-refractivity contribution in [2.75, 3.05) is 0 Å². The van der Waals surface area contributed by atoms with Crippen LogP contribution in [0.2, 0.25) is 0 Å². The third-order valence-electron chi connectivity index (χ3n) is 5.01. The van der Waals surface area contributed by atoms with Gasteiger partial charge in [0.1, 0.15) is 0 Å². The van der Waals surface area contributed by atoms with Gasteiger partial charge in [0.15, 0.2) is 6.54 Å². The Kier molecular flexibility index (Phi) is 5.62. The summed E-state index contributed by atoms with van der Waals surface area (Å²) < 4.78 is 6.61. The normalized spacial score (nSPS) is 15.5. The van der Waals surface area contributed by atoms with Gasteiger partial charge in [-0.3, -0.25) is 0 Å². The molecule has 0 aliphatic heterocycles. The summed E-state index contributed by atoms with van der Waals surface area (Å²) in [7, 11) is 0.527. The maximum Gasteiger partial charge on any atom is 0.337 e. The van der Waals surface area contributed by atoms with Gasteiger partial charge in [-0.2, -0.15) is 4.74 Å². The maximum absolute atomic E-state index is 12.5. The Balaban J connectivity index is 3.08. The van der Waals surface area contributed by atoms with E-state index < -0.39 is 0 Å². The third-order valence-corrected chi connectivity index (χ3v) is 5.43. The zero-order chi connectivity index (χ0) is 16.3. The van der Waals surface area contributed by atoms with Crippen molar-refractivity contribution < 1.29 is 9.16 Å². The predicted molar refractivity (Wildman–Crippen MR) is 92.2 cm³/mol. The van der Waals surface area contributed by atoms with Crippen LogP contribution >= 0.6 is 0 Å². The number of hydroxylamine groups is 1. The highest BCUT2D eigenvalue weighted by Crippen LogP contribution is 2.44. The van der Waals surface area contributed by atoms with Gasteiger partial charge >= 0.3 is 5.90 Å². The van der Waals surface area contributed by atoms with E-state index in [1.807, 2.05) is 30.3 Å². The molecule has 3 nitrogen and oxygen atoms in total. The molecule has 1 aromatic carbocycles. The van der Waals surface area contributed by atoms with Crippen molar-refractivity contribution in [3.8, 4) is 0 Å². The van der Waals surface area contributed by atoms with Crippen LogP contribution in [0.4, 0.5) is 0 Å². The van der Waals surface area contributed by atoms with Gasteiger partial charge in [-0.15, -0.1) is 0 Å². The Morgan fingerprint density at radius 2 is 1.71 bits per heavy atom. The Hall–Kier alpha value is -1.29. The summed E-state index contributed by atoms with van der Waals surface area (Å²) in [5, 5.41) is 12.5. The Morgan fingerprint density at radius 1 is 1.19 bits per heavy atom. The molecule has 0 N–H and O–H groups in total. The van der Waals surface area contributed by atoms with Gasteiger partial charge in [0.05, 0.1) is 5.92 Å². The predicted octanol–water partition coefficient (Wildman–Crippen LogP) is 3.10. The summed E-state index contributed by atoms with van der Waals surface area (Å²) in [6.45, 7) is 13.5. The van der Waals surface area contributed by atoms with Gasteiger partial charge in [-0.05, 0) is 17.8 Å². The molecule has 0 radical (unpaired) electrons. The minimum absolute atomic E-state index is 0.0356. The molecule has 0 bridgehead atoms. The molecular weight excluding hydrogens is 278 g/mol. The lowest BCUT2D eigenvalue weighted by atomic mass is 9.62. The first-order chi connectivity index (χ1) is 9.61. The van der Waals surface area contributed by atoms with Crippen LogP contribution in [0.1, 0.15) is 47.1 Å². The van der Waals surface area contributed by atoms with Crippen molar-refractivity contribution in [2.24, 2.45) is 16.7 Å². The highest BCUT2D eigenvalue weighted by atomic mass is 28.2. The minimum atomic E-state index is -0.0356. The highest BCUT2D eigenvalue weighted by molar-refractivity contribution is 6.06. The molecule has 0 saturated heterocycles. The molecule has 0 unspecified atom stereocenters. The standard InChI is InChI=1S/C17H29NO2Si/c1-13(17(5,6)16(2,3)4)15(20-21)18(19)12-14-10-8-7-9-11-14/h7-11,13H,12H2,1-6,21H3/t13-/m0/s1. The second-order valence-corrected chi connectivity index (χ2v) is 7.67. The first-order valence-electron chi connectivity index (χ1n) is 7.50. The van der Waals surface area contributed by atoms with Crippen molar-refractivity contribution in [3.05, 3.63) is 41.1 Å². The van der Waals surface area contributed by atoms with Crippen molar-refractivity contribution >= 4 is 16.4 Å². The number of benzene rings is 1. The van der Waals surface area contributed by atoms with E-state index in [9.17, 15) is 5.21 Å². The van der Waals surface area contributed by atoms with Crippen molar-refractivity contribution in [1.29, 1.82) is 0 Å². The monoisotopic (exact) mass is 307 g/mol. The molecule has 4 heteroatoms. The van der Waals surface area contributed by atoms with E-state index in [0.717, 1.165) is 10.3 Å². The van der Waals surface area contributed by atoms with Gasteiger partial charge in [-0.1, -0.05) is 65.0 Å². The average molecular weight is 308 g/mol. The zero-order valence-electron chi connectivity index (χ0n) is 14.4. The fourth-order valence-electron chi connectivity index (χ4n) is 2.28. The SMILES string of the molecule is C[C@@H](C(O[SiH3])=[N+]([O-])Cc1ccccc1)C(C)(C)C(C)(C)C. The van der Waals surface area contributed by atoms with Crippen LogP contribution in [-0.4, -0.2) is 21.1 Å². The lowest BCUT2D eigenvalue weighted by molar-refractivity contribution is -0.486.